The lowest BCUT2D eigenvalue weighted by Gasteiger charge is -2.38. The topological polar surface area (TPSA) is 67.5 Å². The summed E-state index contributed by atoms with van der Waals surface area (Å²) in [4.78, 5) is 4.18. The Labute approximate surface area is 133 Å². The van der Waals surface area contributed by atoms with Gasteiger partial charge in [0.15, 0.2) is 0 Å². The van der Waals surface area contributed by atoms with E-state index in [4.69, 9.17) is 4.74 Å². The number of hydrogen-bond donors (Lipinski definition) is 2. The highest BCUT2D eigenvalue weighted by Crippen LogP contribution is 2.46. The van der Waals surface area contributed by atoms with Crippen molar-refractivity contribution >= 4 is 0 Å². The number of imidazole rings is 1. The van der Waals surface area contributed by atoms with Crippen LogP contribution in [0.15, 0.2) is 30.7 Å². The molecule has 2 aliphatic rings. The predicted octanol–water partition coefficient (Wildman–Crippen LogP) is 1.60. The van der Waals surface area contributed by atoms with Gasteiger partial charge in [0.1, 0.15) is 5.82 Å². The number of nitrogens with zero attached hydrogens (tertiary/aromatic N) is 2. The molecular formula is C17H19FN2O3. The molecule has 1 fully saturated rings. The van der Waals surface area contributed by atoms with Crippen molar-refractivity contribution in [2.45, 2.75) is 18.6 Å². The maximum absolute atomic E-state index is 14.5. The molecule has 2 aromatic rings. The summed E-state index contributed by atoms with van der Waals surface area (Å²) >= 11 is 0. The predicted molar refractivity (Wildman–Crippen MR) is 81.3 cm³/mol. The van der Waals surface area contributed by atoms with E-state index in [1.54, 1.807) is 18.6 Å². The number of benzene rings is 1. The quantitative estimate of drug-likeness (QED) is 0.902. The molecule has 4 rings (SSSR count). The summed E-state index contributed by atoms with van der Waals surface area (Å²) in [6.45, 7) is 0.786. The third-order valence-corrected chi connectivity index (χ3v) is 5.06. The maximum atomic E-state index is 14.5. The number of aliphatic hydroxyl groups excluding tert-OH is 2. The fraction of sp³-hybridized carbons (Fsp3) is 0.471. The maximum Gasteiger partial charge on any atom is 0.129 e. The summed E-state index contributed by atoms with van der Waals surface area (Å²) in [6.07, 6.45) is 3.23. The molecule has 0 amide bonds. The van der Waals surface area contributed by atoms with Gasteiger partial charge in [-0.3, -0.25) is 0 Å². The average molecular weight is 318 g/mol. The Morgan fingerprint density at radius 1 is 1.35 bits per heavy atom. The highest BCUT2D eigenvalue weighted by atomic mass is 19.1. The first-order valence-corrected chi connectivity index (χ1v) is 7.89. The number of halogens is 1. The van der Waals surface area contributed by atoms with E-state index in [1.807, 2.05) is 10.6 Å². The van der Waals surface area contributed by atoms with Crippen molar-refractivity contribution in [2.24, 2.45) is 11.8 Å². The Morgan fingerprint density at radius 2 is 2.22 bits per heavy atom. The monoisotopic (exact) mass is 318 g/mol. The Morgan fingerprint density at radius 3 is 3.04 bits per heavy atom. The number of fused-ring (bicyclic) bond motifs is 3. The Bertz CT molecular complexity index is 716. The second-order valence-electron chi connectivity index (χ2n) is 6.30. The van der Waals surface area contributed by atoms with Gasteiger partial charge in [0, 0.05) is 29.6 Å². The minimum absolute atomic E-state index is 0.00372. The van der Waals surface area contributed by atoms with Gasteiger partial charge in [-0.05, 0) is 12.5 Å². The third kappa shape index (κ3) is 2.21. The van der Waals surface area contributed by atoms with E-state index in [2.05, 4.69) is 4.98 Å². The fourth-order valence-electron chi connectivity index (χ4n) is 3.96. The van der Waals surface area contributed by atoms with Gasteiger partial charge in [0.25, 0.3) is 0 Å². The fourth-order valence-corrected chi connectivity index (χ4v) is 3.96. The number of aliphatic hydroxyl groups is 2. The van der Waals surface area contributed by atoms with E-state index >= 15 is 0 Å². The number of aromatic nitrogens is 2. The van der Waals surface area contributed by atoms with Crippen molar-refractivity contribution < 1.29 is 19.3 Å². The van der Waals surface area contributed by atoms with Gasteiger partial charge < -0.3 is 19.5 Å². The van der Waals surface area contributed by atoms with Gasteiger partial charge in [-0.25, -0.2) is 9.37 Å². The molecule has 2 N–H and O–H groups in total. The normalized spacial score (nSPS) is 29.3. The minimum Gasteiger partial charge on any atom is -0.396 e. The van der Waals surface area contributed by atoms with Gasteiger partial charge in [0.2, 0.25) is 0 Å². The van der Waals surface area contributed by atoms with Gasteiger partial charge >= 0.3 is 0 Å². The van der Waals surface area contributed by atoms with Crippen LogP contribution in [-0.4, -0.2) is 45.7 Å². The van der Waals surface area contributed by atoms with Gasteiger partial charge in [0.05, 0.1) is 43.6 Å². The number of ether oxygens (including phenoxy) is 1. The molecule has 4 atom stereocenters. The van der Waals surface area contributed by atoms with Crippen LogP contribution in [-0.2, 0) is 4.74 Å². The molecule has 3 heterocycles. The molecule has 0 radical (unpaired) electrons. The molecular weight excluding hydrogens is 299 g/mol. The molecule has 2 aliphatic heterocycles. The lowest BCUT2D eigenvalue weighted by Crippen LogP contribution is -2.44. The molecule has 0 bridgehead atoms. The average Bonchev–Trinajstić information content (AvgIpc) is 3.12. The summed E-state index contributed by atoms with van der Waals surface area (Å²) in [5, 5.41) is 19.9. The van der Waals surface area contributed by atoms with E-state index < -0.39 is 6.10 Å². The van der Waals surface area contributed by atoms with Crippen LogP contribution in [0, 0.1) is 17.7 Å². The van der Waals surface area contributed by atoms with Crippen LogP contribution < -0.4 is 0 Å². The zero-order valence-corrected chi connectivity index (χ0v) is 12.6. The van der Waals surface area contributed by atoms with Crippen LogP contribution in [0.1, 0.15) is 18.0 Å². The van der Waals surface area contributed by atoms with Crippen molar-refractivity contribution in [3.05, 3.63) is 42.1 Å². The smallest absolute Gasteiger partial charge is 0.129 e. The number of hydrogen-bond acceptors (Lipinski definition) is 4. The highest BCUT2D eigenvalue weighted by Gasteiger charge is 2.43. The zero-order valence-electron chi connectivity index (χ0n) is 12.6. The minimum atomic E-state index is -0.651. The summed E-state index contributed by atoms with van der Waals surface area (Å²) in [7, 11) is 0. The van der Waals surface area contributed by atoms with Crippen LogP contribution in [0.3, 0.4) is 0 Å². The molecule has 0 aliphatic carbocycles. The lowest BCUT2D eigenvalue weighted by atomic mass is 9.80. The van der Waals surface area contributed by atoms with Gasteiger partial charge in [-0.15, -0.1) is 0 Å². The molecule has 1 aromatic heterocycles. The second-order valence-corrected chi connectivity index (χ2v) is 6.30. The van der Waals surface area contributed by atoms with Crippen LogP contribution in [0.4, 0.5) is 4.39 Å². The molecule has 122 valence electrons. The first-order chi connectivity index (χ1) is 11.2. The molecule has 4 unspecified atom stereocenters. The van der Waals surface area contributed by atoms with Gasteiger partial charge in [-0.2, -0.15) is 0 Å². The van der Waals surface area contributed by atoms with Crippen molar-refractivity contribution in [1.29, 1.82) is 0 Å². The second kappa shape index (κ2) is 5.70. The van der Waals surface area contributed by atoms with Crippen molar-refractivity contribution in [2.75, 3.05) is 19.8 Å². The SMILES string of the molecule is OCCC1COCC(C2c3c(F)cccc3-c3cncn32)C1O. The van der Waals surface area contributed by atoms with Crippen LogP contribution in [0.25, 0.3) is 11.3 Å². The largest absolute Gasteiger partial charge is 0.396 e. The first kappa shape index (κ1) is 14.8. The van der Waals surface area contributed by atoms with Gasteiger partial charge in [-0.1, -0.05) is 12.1 Å². The number of rotatable bonds is 3. The summed E-state index contributed by atoms with van der Waals surface area (Å²) < 4.78 is 22.1. The zero-order chi connectivity index (χ0) is 16.0. The highest BCUT2D eigenvalue weighted by molar-refractivity contribution is 5.69. The van der Waals surface area contributed by atoms with Crippen molar-refractivity contribution in [3.63, 3.8) is 0 Å². The Hall–Kier alpha value is -1.76. The summed E-state index contributed by atoms with van der Waals surface area (Å²) in [6, 6.07) is 4.69. The van der Waals surface area contributed by atoms with Crippen molar-refractivity contribution in [1.82, 2.24) is 9.55 Å². The van der Waals surface area contributed by atoms with Crippen LogP contribution >= 0.6 is 0 Å². The summed E-state index contributed by atoms with van der Waals surface area (Å²) in [5.74, 6) is -0.680. The van der Waals surface area contributed by atoms with E-state index in [1.165, 1.54) is 6.07 Å². The lowest BCUT2D eigenvalue weighted by molar-refractivity contribution is -0.0954. The van der Waals surface area contributed by atoms with Crippen LogP contribution in [0.2, 0.25) is 0 Å². The van der Waals surface area contributed by atoms with Crippen molar-refractivity contribution in [3.8, 4) is 11.3 Å². The molecule has 5 nitrogen and oxygen atoms in total. The Kier molecular flexibility index (Phi) is 3.67. The molecule has 1 aromatic carbocycles. The van der Waals surface area contributed by atoms with E-state index in [0.717, 1.165) is 11.3 Å². The molecule has 0 spiro atoms. The van der Waals surface area contributed by atoms with E-state index in [9.17, 15) is 14.6 Å². The molecule has 23 heavy (non-hydrogen) atoms. The first-order valence-electron chi connectivity index (χ1n) is 7.89. The third-order valence-electron chi connectivity index (χ3n) is 5.06. The molecule has 6 heteroatoms. The Balaban J connectivity index is 1.77. The summed E-state index contributed by atoms with van der Waals surface area (Å²) in [5.41, 5.74) is 2.28. The van der Waals surface area contributed by atoms with Crippen LogP contribution in [0.5, 0.6) is 0 Å². The van der Waals surface area contributed by atoms with E-state index in [0.29, 0.717) is 25.2 Å². The molecule has 1 saturated heterocycles. The molecule has 0 saturated carbocycles. The van der Waals surface area contributed by atoms with E-state index in [-0.39, 0.29) is 30.3 Å². The standard InChI is InChI=1S/C17H19FN2O3/c18-13-3-1-2-11-14-6-19-9-20(14)16(15(11)13)12-8-23-7-10(4-5-21)17(12)22/h1-3,6,9-10,12,16-17,21-22H,4-5,7-8H2.